The Morgan fingerprint density at radius 3 is 1.73 bits per heavy atom. The lowest BCUT2D eigenvalue weighted by Gasteiger charge is -1.97. The Labute approximate surface area is 94.0 Å². The van der Waals surface area contributed by atoms with E-state index in [1.54, 1.807) is 0 Å². The van der Waals surface area contributed by atoms with E-state index in [2.05, 4.69) is 48.6 Å². The Bertz CT molecular complexity index is 451. The van der Waals surface area contributed by atoms with Crippen LogP contribution in [0.15, 0.2) is 48.6 Å². The summed E-state index contributed by atoms with van der Waals surface area (Å²) in [5, 5.41) is 0. The maximum absolute atomic E-state index is 2.25. The molecule has 0 bridgehead atoms. The molecule has 1 heteroatoms. The van der Waals surface area contributed by atoms with Gasteiger partial charge in [-0.15, -0.1) is 11.3 Å². The van der Waals surface area contributed by atoms with Crippen LogP contribution < -0.4 is 0 Å². The largest absolute Gasteiger partial charge is 0.136 e. The van der Waals surface area contributed by atoms with Crippen molar-refractivity contribution in [3.8, 4) is 0 Å². The molecule has 0 nitrogen and oxygen atoms in total. The molecular weight excluding hydrogens is 200 g/mol. The van der Waals surface area contributed by atoms with Crippen molar-refractivity contribution in [2.45, 2.75) is 12.8 Å². The quantitative estimate of drug-likeness (QED) is 0.680. The van der Waals surface area contributed by atoms with Crippen LogP contribution >= 0.6 is 11.3 Å². The lowest BCUT2D eigenvalue weighted by molar-refractivity contribution is 1.47. The molecule has 0 fully saturated rings. The van der Waals surface area contributed by atoms with E-state index in [0.29, 0.717) is 0 Å². The van der Waals surface area contributed by atoms with E-state index in [1.165, 1.54) is 20.9 Å². The minimum absolute atomic E-state index is 1.09. The van der Waals surface area contributed by atoms with Gasteiger partial charge in [-0.25, -0.2) is 0 Å². The fraction of sp³-hybridized carbons (Fsp3) is 0.143. The molecule has 0 radical (unpaired) electrons. The molecule has 3 rings (SSSR count). The van der Waals surface area contributed by atoms with Crippen molar-refractivity contribution in [3.05, 3.63) is 58.3 Å². The fourth-order valence-electron chi connectivity index (χ4n) is 1.94. The molecule has 1 aromatic rings. The Morgan fingerprint density at radius 2 is 1.33 bits per heavy atom. The van der Waals surface area contributed by atoms with Crippen molar-refractivity contribution in [2.24, 2.45) is 0 Å². The van der Waals surface area contributed by atoms with Gasteiger partial charge < -0.3 is 0 Å². The highest BCUT2D eigenvalue weighted by Gasteiger charge is 2.09. The van der Waals surface area contributed by atoms with E-state index < -0.39 is 0 Å². The van der Waals surface area contributed by atoms with Gasteiger partial charge in [0.05, 0.1) is 0 Å². The van der Waals surface area contributed by atoms with E-state index in [-0.39, 0.29) is 0 Å². The molecule has 0 saturated carbocycles. The van der Waals surface area contributed by atoms with Gasteiger partial charge in [-0.2, -0.15) is 0 Å². The summed E-state index contributed by atoms with van der Waals surface area (Å²) in [4.78, 5) is 2.84. The second kappa shape index (κ2) is 3.67. The summed E-state index contributed by atoms with van der Waals surface area (Å²) in [5.41, 5.74) is 2.91. The van der Waals surface area contributed by atoms with Gasteiger partial charge in [0, 0.05) is 9.75 Å². The molecule has 1 aromatic heterocycles. The Balaban J connectivity index is 1.88. The summed E-state index contributed by atoms with van der Waals surface area (Å²) >= 11 is 1.91. The zero-order valence-corrected chi connectivity index (χ0v) is 9.26. The zero-order chi connectivity index (χ0) is 10.1. The first-order valence-electron chi connectivity index (χ1n) is 5.25. The number of hydrogen-bond acceptors (Lipinski definition) is 1. The molecule has 0 aromatic carbocycles. The maximum Gasteiger partial charge on any atom is 0.0311 e. The Kier molecular flexibility index (Phi) is 2.18. The minimum atomic E-state index is 1.09. The Hall–Kier alpha value is -1.34. The molecule has 0 N–H and O–H groups in total. The van der Waals surface area contributed by atoms with E-state index in [1.807, 2.05) is 11.3 Å². The number of allylic oxidation sites excluding steroid dienone is 8. The van der Waals surface area contributed by atoms with Crippen molar-refractivity contribution in [1.82, 2.24) is 0 Å². The average Bonchev–Trinajstić information content (AvgIpc) is 3.02. The van der Waals surface area contributed by atoms with Gasteiger partial charge in [0.2, 0.25) is 0 Å². The van der Waals surface area contributed by atoms with Crippen LogP contribution in [0.1, 0.15) is 22.6 Å². The van der Waals surface area contributed by atoms with E-state index in [9.17, 15) is 0 Å². The molecular formula is C14H12S. The average molecular weight is 212 g/mol. The maximum atomic E-state index is 2.25. The van der Waals surface area contributed by atoms with Gasteiger partial charge in [-0.1, -0.05) is 36.5 Å². The van der Waals surface area contributed by atoms with Crippen molar-refractivity contribution in [2.75, 3.05) is 0 Å². The van der Waals surface area contributed by atoms with E-state index in [0.717, 1.165) is 12.8 Å². The first kappa shape index (κ1) is 8.93. The highest BCUT2D eigenvalue weighted by molar-refractivity contribution is 7.14. The van der Waals surface area contributed by atoms with Crippen LogP contribution in [-0.4, -0.2) is 0 Å². The molecule has 0 atom stereocenters. The number of hydrogen-bond donors (Lipinski definition) is 0. The van der Waals surface area contributed by atoms with Gasteiger partial charge >= 0.3 is 0 Å². The third kappa shape index (κ3) is 1.64. The molecule has 2 aliphatic carbocycles. The summed E-state index contributed by atoms with van der Waals surface area (Å²) < 4.78 is 0. The van der Waals surface area contributed by atoms with Crippen LogP contribution in [0.2, 0.25) is 0 Å². The minimum Gasteiger partial charge on any atom is -0.136 e. The van der Waals surface area contributed by atoms with Crippen LogP contribution in [0.25, 0.3) is 11.1 Å². The predicted octanol–water partition coefficient (Wildman–Crippen LogP) is 4.43. The lowest BCUT2D eigenvalue weighted by atomic mass is 10.2. The molecule has 1 heterocycles. The van der Waals surface area contributed by atoms with Crippen LogP contribution in [0.4, 0.5) is 0 Å². The lowest BCUT2D eigenvalue weighted by Crippen LogP contribution is -1.72. The summed E-state index contributed by atoms with van der Waals surface area (Å²) in [7, 11) is 0. The standard InChI is InChI=1S/C14H12S/c1-2-6-11(5-1)13-9-10-14(15-13)12-7-3-4-8-12/h1-5,7,9-10H,6,8H2. The third-order valence-electron chi connectivity index (χ3n) is 2.78. The summed E-state index contributed by atoms with van der Waals surface area (Å²) in [6.07, 6.45) is 15.3. The fourth-order valence-corrected chi connectivity index (χ4v) is 3.02. The Morgan fingerprint density at radius 1 is 0.800 bits per heavy atom. The van der Waals surface area contributed by atoms with Crippen molar-refractivity contribution >= 4 is 22.5 Å². The molecule has 0 spiro atoms. The molecule has 74 valence electrons. The van der Waals surface area contributed by atoms with Gasteiger partial charge in [0.1, 0.15) is 0 Å². The van der Waals surface area contributed by atoms with Gasteiger partial charge in [0.25, 0.3) is 0 Å². The van der Waals surface area contributed by atoms with Crippen molar-refractivity contribution < 1.29 is 0 Å². The van der Waals surface area contributed by atoms with Crippen LogP contribution in [0.3, 0.4) is 0 Å². The second-order valence-electron chi connectivity index (χ2n) is 3.81. The molecule has 0 aliphatic heterocycles. The van der Waals surface area contributed by atoms with Gasteiger partial charge in [-0.3, -0.25) is 0 Å². The van der Waals surface area contributed by atoms with Crippen LogP contribution in [0, 0.1) is 0 Å². The first-order valence-corrected chi connectivity index (χ1v) is 6.07. The van der Waals surface area contributed by atoms with Crippen LogP contribution in [-0.2, 0) is 0 Å². The third-order valence-corrected chi connectivity index (χ3v) is 4.02. The normalized spacial score (nSPS) is 18.4. The summed E-state index contributed by atoms with van der Waals surface area (Å²) in [6.45, 7) is 0. The van der Waals surface area contributed by atoms with Crippen LogP contribution in [0.5, 0.6) is 0 Å². The van der Waals surface area contributed by atoms with E-state index >= 15 is 0 Å². The first-order chi connectivity index (χ1) is 7.43. The topological polar surface area (TPSA) is 0 Å². The van der Waals surface area contributed by atoms with Crippen molar-refractivity contribution in [1.29, 1.82) is 0 Å². The van der Waals surface area contributed by atoms with Gasteiger partial charge in [-0.05, 0) is 36.1 Å². The molecule has 0 saturated heterocycles. The molecule has 0 amide bonds. The summed E-state index contributed by atoms with van der Waals surface area (Å²) in [5.74, 6) is 0. The smallest absolute Gasteiger partial charge is 0.0311 e. The second-order valence-corrected chi connectivity index (χ2v) is 4.90. The highest BCUT2D eigenvalue weighted by atomic mass is 32.1. The number of thiophene rings is 1. The van der Waals surface area contributed by atoms with Gasteiger partial charge in [0.15, 0.2) is 0 Å². The SMILES string of the molecule is C1=CCC(c2ccc(C3=CC=CC3)s2)=C1. The van der Waals surface area contributed by atoms with E-state index in [4.69, 9.17) is 0 Å². The monoisotopic (exact) mass is 212 g/mol. The van der Waals surface area contributed by atoms with Crippen molar-refractivity contribution in [3.63, 3.8) is 0 Å². The zero-order valence-electron chi connectivity index (χ0n) is 8.44. The molecule has 0 unspecified atom stereocenters. The number of rotatable bonds is 2. The summed E-state index contributed by atoms with van der Waals surface area (Å²) in [6, 6.07) is 4.50. The molecule has 2 aliphatic rings. The molecule has 15 heavy (non-hydrogen) atoms. The highest BCUT2D eigenvalue weighted by Crippen LogP contribution is 2.34. The predicted molar refractivity (Wildman–Crippen MR) is 67.8 cm³/mol.